The number of hydrogen-bond donors (Lipinski definition) is 0. The fourth-order valence-electron chi connectivity index (χ4n) is 5.86. The lowest BCUT2D eigenvalue weighted by Crippen LogP contribution is -2.43. The topological polar surface area (TPSA) is 69.7 Å². The van der Waals surface area contributed by atoms with Crippen LogP contribution in [0.3, 0.4) is 0 Å². The Morgan fingerprint density at radius 3 is 2.59 bits per heavy atom. The average Bonchev–Trinajstić information content (AvgIpc) is 2.89. The first kappa shape index (κ1) is 18.2. The van der Waals surface area contributed by atoms with Gasteiger partial charge in [-0.15, -0.1) is 0 Å². The summed E-state index contributed by atoms with van der Waals surface area (Å²) in [6.07, 6.45) is 3.86. The maximum absolute atomic E-state index is 12.5. The first-order valence-electron chi connectivity index (χ1n) is 9.82. The number of rotatable bonds is 2. The van der Waals surface area contributed by atoms with Gasteiger partial charge in [0, 0.05) is 25.7 Å². The minimum atomic E-state index is -0.370. The van der Waals surface area contributed by atoms with Crippen molar-refractivity contribution in [1.29, 1.82) is 0 Å². The highest BCUT2D eigenvalue weighted by atomic mass is 16.5. The Balaban J connectivity index is 1.74. The van der Waals surface area contributed by atoms with Crippen LogP contribution in [0.4, 0.5) is 0 Å². The SMILES string of the molecule is CC(=O)Oc1ccc2c(c1)C(OC(C)=O)C[C@@H]1[C@@H]2CC[C@]2(C)C(=O)CC[C@@H]12. The summed E-state index contributed by atoms with van der Waals surface area (Å²) in [6, 6.07) is 5.68. The number of fused-ring (bicyclic) bond motifs is 5. The number of esters is 2. The summed E-state index contributed by atoms with van der Waals surface area (Å²) < 4.78 is 10.9. The Morgan fingerprint density at radius 2 is 1.89 bits per heavy atom. The van der Waals surface area contributed by atoms with Gasteiger partial charge in [-0.05, 0) is 66.7 Å². The first-order valence-corrected chi connectivity index (χ1v) is 9.82. The Bertz CT molecular complexity index is 813. The van der Waals surface area contributed by atoms with Crippen LogP contribution in [0.25, 0.3) is 0 Å². The fourth-order valence-corrected chi connectivity index (χ4v) is 5.86. The molecule has 5 atom stereocenters. The van der Waals surface area contributed by atoms with Gasteiger partial charge in [0.15, 0.2) is 0 Å². The summed E-state index contributed by atoms with van der Waals surface area (Å²) in [5.74, 6) is 1.24. The van der Waals surface area contributed by atoms with Crippen molar-refractivity contribution in [3.05, 3.63) is 29.3 Å². The van der Waals surface area contributed by atoms with Crippen molar-refractivity contribution >= 4 is 17.7 Å². The van der Waals surface area contributed by atoms with Gasteiger partial charge in [-0.25, -0.2) is 0 Å². The molecule has 0 aromatic heterocycles. The second-order valence-electron chi connectivity index (χ2n) is 8.51. The van der Waals surface area contributed by atoms with Gasteiger partial charge in [0.2, 0.25) is 0 Å². The molecular formula is C22H26O5. The van der Waals surface area contributed by atoms with Crippen molar-refractivity contribution < 1.29 is 23.9 Å². The Kier molecular flexibility index (Phi) is 4.36. The molecule has 0 amide bonds. The van der Waals surface area contributed by atoms with Gasteiger partial charge in [-0.2, -0.15) is 0 Å². The third-order valence-electron chi connectivity index (χ3n) is 7.01. The monoisotopic (exact) mass is 370 g/mol. The van der Waals surface area contributed by atoms with Crippen LogP contribution in [0.1, 0.15) is 76.0 Å². The normalized spacial score (nSPS) is 34.3. The van der Waals surface area contributed by atoms with E-state index in [0.29, 0.717) is 35.7 Å². The lowest BCUT2D eigenvalue weighted by molar-refractivity contribution is -0.150. The van der Waals surface area contributed by atoms with Crippen molar-refractivity contribution in [2.24, 2.45) is 17.3 Å². The molecule has 2 fully saturated rings. The molecular weight excluding hydrogens is 344 g/mol. The molecule has 2 saturated carbocycles. The van der Waals surface area contributed by atoms with Crippen LogP contribution in [0.15, 0.2) is 18.2 Å². The third-order valence-corrected chi connectivity index (χ3v) is 7.01. The van der Waals surface area contributed by atoms with Crippen molar-refractivity contribution in [2.75, 3.05) is 0 Å². The van der Waals surface area contributed by atoms with Crippen LogP contribution in [0, 0.1) is 17.3 Å². The third kappa shape index (κ3) is 2.97. The van der Waals surface area contributed by atoms with Gasteiger partial charge in [0.25, 0.3) is 0 Å². The van der Waals surface area contributed by atoms with Crippen LogP contribution in [-0.2, 0) is 19.1 Å². The second kappa shape index (κ2) is 6.47. The van der Waals surface area contributed by atoms with E-state index >= 15 is 0 Å². The summed E-state index contributed by atoms with van der Waals surface area (Å²) in [4.78, 5) is 35.6. The first-order chi connectivity index (χ1) is 12.8. The fraction of sp³-hybridized carbons (Fsp3) is 0.591. The number of carbonyl (C=O) groups excluding carboxylic acids is 3. The zero-order chi connectivity index (χ0) is 19.3. The van der Waals surface area contributed by atoms with E-state index in [1.807, 2.05) is 18.2 Å². The van der Waals surface area contributed by atoms with E-state index in [2.05, 4.69) is 6.92 Å². The van der Waals surface area contributed by atoms with Crippen molar-refractivity contribution in [3.63, 3.8) is 0 Å². The molecule has 0 spiro atoms. The van der Waals surface area contributed by atoms with Crippen LogP contribution in [-0.4, -0.2) is 17.7 Å². The quantitative estimate of drug-likeness (QED) is 0.579. The van der Waals surface area contributed by atoms with E-state index in [9.17, 15) is 14.4 Å². The number of carbonyl (C=O) groups is 3. The van der Waals surface area contributed by atoms with Crippen LogP contribution < -0.4 is 4.74 Å². The summed E-state index contributed by atoms with van der Waals surface area (Å²) in [5, 5.41) is 0. The molecule has 1 aromatic carbocycles. The largest absolute Gasteiger partial charge is 0.458 e. The van der Waals surface area contributed by atoms with Gasteiger partial charge < -0.3 is 9.47 Å². The van der Waals surface area contributed by atoms with E-state index in [-0.39, 0.29) is 23.5 Å². The molecule has 0 aliphatic heterocycles. The molecule has 0 bridgehead atoms. The lowest BCUT2D eigenvalue weighted by Gasteiger charge is -2.49. The van der Waals surface area contributed by atoms with Gasteiger partial charge >= 0.3 is 11.9 Å². The summed E-state index contributed by atoms with van der Waals surface area (Å²) in [7, 11) is 0. The minimum absolute atomic E-state index is 0.225. The Morgan fingerprint density at radius 1 is 1.11 bits per heavy atom. The molecule has 0 N–H and O–H groups in total. The smallest absolute Gasteiger partial charge is 0.308 e. The van der Waals surface area contributed by atoms with Crippen LogP contribution in [0.5, 0.6) is 5.75 Å². The second-order valence-corrected chi connectivity index (χ2v) is 8.51. The summed E-state index contributed by atoms with van der Waals surface area (Å²) in [5.41, 5.74) is 1.89. The number of hydrogen-bond acceptors (Lipinski definition) is 5. The van der Waals surface area contributed by atoms with Crippen molar-refractivity contribution in [3.8, 4) is 5.75 Å². The van der Waals surface area contributed by atoms with Gasteiger partial charge in [0.1, 0.15) is 17.6 Å². The van der Waals surface area contributed by atoms with Crippen LogP contribution in [0.2, 0.25) is 0 Å². The molecule has 4 rings (SSSR count). The van der Waals surface area contributed by atoms with E-state index in [0.717, 1.165) is 31.2 Å². The minimum Gasteiger partial charge on any atom is -0.458 e. The molecule has 0 heterocycles. The maximum Gasteiger partial charge on any atom is 0.308 e. The van der Waals surface area contributed by atoms with E-state index in [4.69, 9.17) is 9.47 Å². The molecule has 3 aliphatic carbocycles. The lowest BCUT2D eigenvalue weighted by atomic mass is 9.55. The van der Waals surface area contributed by atoms with E-state index in [1.165, 1.54) is 19.4 Å². The summed E-state index contributed by atoms with van der Waals surface area (Å²) in [6.45, 7) is 4.92. The highest BCUT2D eigenvalue weighted by Gasteiger charge is 2.55. The predicted octanol–water partition coefficient (Wildman–Crippen LogP) is 4.10. The average molecular weight is 370 g/mol. The van der Waals surface area contributed by atoms with Gasteiger partial charge in [-0.3, -0.25) is 14.4 Å². The number of ether oxygens (including phenoxy) is 2. The van der Waals surface area contributed by atoms with E-state index in [1.54, 1.807) is 0 Å². The molecule has 5 nitrogen and oxygen atoms in total. The Hall–Kier alpha value is -2.17. The zero-order valence-electron chi connectivity index (χ0n) is 16.1. The van der Waals surface area contributed by atoms with Gasteiger partial charge in [0.05, 0.1) is 0 Å². The molecule has 1 aromatic rings. The number of benzene rings is 1. The predicted molar refractivity (Wildman–Crippen MR) is 98.2 cm³/mol. The standard InChI is InChI=1S/C22H26O5/c1-12(23)26-14-4-5-15-16-8-9-22(3)19(6-7-21(22)25)17(16)11-20(18(15)10-14)27-13(2)24/h4-5,10,16-17,19-20H,6-9,11H2,1-3H3/t16-,17-,19+,20?,22+/m1/s1. The number of Topliss-reactive ketones (excluding diaryl/α,β-unsaturated/α-hetero) is 1. The van der Waals surface area contributed by atoms with Gasteiger partial charge in [-0.1, -0.05) is 13.0 Å². The zero-order valence-corrected chi connectivity index (χ0v) is 16.1. The van der Waals surface area contributed by atoms with Crippen molar-refractivity contribution in [1.82, 2.24) is 0 Å². The molecule has 1 unspecified atom stereocenters. The van der Waals surface area contributed by atoms with Crippen molar-refractivity contribution in [2.45, 2.75) is 64.9 Å². The molecule has 0 radical (unpaired) electrons. The molecule has 0 saturated heterocycles. The van der Waals surface area contributed by atoms with Crippen LogP contribution >= 0.6 is 0 Å². The molecule has 3 aliphatic rings. The Labute approximate surface area is 159 Å². The maximum atomic E-state index is 12.5. The molecule has 5 heteroatoms. The number of ketones is 1. The highest BCUT2D eigenvalue weighted by Crippen LogP contribution is 2.61. The summed E-state index contributed by atoms with van der Waals surface area (Å²) >= 11 is 0. The van der Waals surface area contributed by atoms with E-state index < -0.39 is 0 Å². The molecule has 144 valence electrons. The molecule has 27 heavy (non-hydrogen) atoms. The highest BCUT2D eigenvalue weighted by molar-refractivity contribution is 5.87.